The van der Waals surface area contributed by atoms with Crippen LogP contribution in [-0.4, -0.2) is 50.0 Å². The molecule has 1 fully saturated rings. The molecule has 7 nitrogen and oxygen atoms in total. The van der Waals surface area contributed by atoms with Gasteiger partial charge in [0.1, 0.15) is 0 Å². The van der Waals surface area contributed by atoms with Gasteiger partial charge in [-0.3, -0.25) is 9.79 Å². The van der Waals surface area contributed by atoms with Gasteiger partial charge < -0.3 is 24.9 Å². The topological polar surface area (TPSA) is 73.1 Å². The molecule has 1 aromatic heterocycles. The lowest BCUT2D eigenvalue weighted by molar-refractivity contribution is 0.0996. The summed E-state index contributed by atoms with van der Waals surface area (Å²) >= 11 is 0. The van der Waals surface area contributed by atoms with Gasteiger partial charge in [0.25, 0.3) is 5.91 Å². The van der Waals surface area contributed by atoms with Crippen LogP contribution >= 0.6 is 0 Å². The van der Waals surface area contributed by atoms with Crippen molar-refractivity contribution in [1.82, 2.24) is 10.2 Å². The standard InChI is InChI=1S/C24H27N5O2/c1-25-24(29-15-13-28(14-16-29)21-6-3-2-4-7-21)26-18-19-9-11-20(12-10-19)27-23(30)22-8-5-17-31-22/h2-12,17H,13-16,18H2,1H3,(H,25,26)(H,27,30). The van der Waals surface area contributed by atoms with Crippen LogP contribution in [0.1, 0.15) is 16.1 Å². The van der Waals surface area contributed by atoms with Crippen molar-refractivity contribution in [2.24, 2.45) is 4.99 Å². The van der Waals surface area contributed by atoms with E-state index in [1.54, 1.807) is 12.1 Å². The van der Waals surface area contributed by atoms with E-state index in [0.29, 0.717) is 12.3 Å². The smallest absolute Gasteiger partial charge is 0.291 e. The van der Waals surface area contributed by atoms with E-state index in [4.69, 9.17) is 4.42 Å². The van der Waals surface area contributed by atoms with Crippen LogP contribution in [0.5, 0.6) is 0 Å². The Bertz CT molecular complexity index is 992. The Balaban J connectivity index is 1.26. The number of nitrogens with one attached hydrogen (secondary N) is 2. The average molecular weight is 418 g/mol. The molecule has 1 aliphatic rings. The Hall–Kier alpha value is -3.74. The second-order valence-corrected chi connectivity index (χ2v) is 7.34. The fraction of sp³-hybridized carbons (Fsp3) is 0.250. The van der Waals surface area contributed by atoms with Gasteiger partial charge in [0.15, 0.2) is 11.7 Å². The van der Waals surface area contributed by atoms with Crippen LogP contribution < -0.4 is 15.5 Å². The van der Waals surface area contributed by atoms with Gasteiger partial charge in [-0.25, -0.2) is 0 Å². The molecular weight excluding hydrogens is 390 g/mol. The van der Waals surface area contributed by atoms with Crippen LogP contribution in [-0.2, 0) is 6.54 Å². The summed E-state index contributed by atoms with van der Waals surface area (Å²) in [5, 5.41) is 6.27. The van der Waals surface area contributed by atoms with Crippen LogP contribution in [0.3, 0.4) is 0 Å². The molecule has 0 saturated carbocycles. The number of hydrogen-bond acceptors (Lipinski definition) is 4. The number of carbonyl (C=O) groups is 1. The van der Waals surface area contributed by atoms with Gasteiger partial charge in [0.05, 0.1) is 6.26 Å². The van der Waals surface area contributed by atoms with Crippen LogP contribution in [0.15, 0.2) is 82.4 Å². The van der Waals surface area contributed by atoms with Crippen LogP contribution in [0.25, 0.3) is 0 Å². The Kier molecular flexibility index (Phi) is 6.52. The van der Waals surface area contributed by atoms with Crippen LogP contribution in [0.4, 0.5) is 11.4 Å². The van der Waals surface area contributed by atoms with Crippen molar-refractivity contribution in [2.45, 2.75) is 6.54 Å². The molecule has 1 amide bonds. The number of anilines is 2. The van der Waals surface area contributed by atoms with Gasteiger partial charge in [-0.2, -0.15) is 0 Å². The van der Waals surface area contributed by atoms with E-state index in [1.807, 2.05) is 37.4 Å². The minimum Gasteiger partial charge on any atom is -0.459 e. The number of para-hydroxylation sites is 1. The minimum absolute atomic E-state index is 0.258. The maximum Gasteiger partial charge on any atom is 0.291 e. The number of nitrogens with zero attached hydrogens (tertiary/aromatic N) is 3. The Labute approximate surface area is 182 Å². The summed E-state index contributed by atoms with van der Waals surface area (Å²) in [5.41, 5.74) is 3.11. The normalized spacial score (nSPS) is 14.4. The molecule has 2 heterocycles. The molecule has 160 valence electrons. The molecule has 3 aromatic rings. The highest BCUT2D eigenvalue weighted by Crippen LogP contribution is 2.16. The molecule has 1 aliphatic heterocycles. The summed E-state index contributed by atoms with van der Waals surface area (Å²) in [6.07, 6.45) is 1.48. The Morgan fingerprint density at radius 2 is 1.71 bits per heavy atom. The third kappa shape index (κ3) is 5.25. The van der Waals surface area contributed by atoms with E-state index in [2.05, 4.69) is 49.7 Å². The molecule has 1 saturated heterocycles. The molecule has 2 aromatic carbocycles. The number of furan rings is 1. The first-order chi connectivity index (χ1) is 15.2. The fourth-order valence-electron chi connectivity index (χ4n) is 3.64. The van der Waals surface area contributed by atoms with E-state index in [1.165, 1.54) is 12.0 Å². The first-order valence-corrected chi connectivity index (χ1v) is 10.4. The highest BCUT2D eigenvalue weighted by atomic mass is 16.3. The minimum atomic E-state index is -0.258. The molecule has 0 unspecified atom stereocenters. The quantitative estimate of drug-likeness (QED) is 0.492. The molecule has 7 heteroatoms. The van der Waals surface area contributed by atoms with Gasteiger partial charge in [-0.15, -0.1) is 0 Å². The number of amides is 1. The third-order valence-corrected chi connectivity index (χ3v) is 5.32. The second kappa shape index (κ2) is 9.84. The lowest BCUT2D eigenvalue weighted by Crippen LogP contribution is -2.52. The van der Waals surface area contributed by atoms with Gasteiger partial charge in [-0.1, -0.05) is 30.3 Å². The zero-order valence-electron chi connectivity index (χ0n) is 17.6. The van der Waals surface area contributed by atoms with Crippen molar-refractivity contribution in [3.05, 3.63) is 84.3 Å². The molecule has 4 rings (SSSR count). The van der Waals surface area contributed by atoms with Gasteiger partial charge >= 0.3 is 0 Å². The van der Waals surface area contributed by atoms with Crippen molar-refractivity contribution < 1.29 is 9.21 Å². The zero-order chi connectivity index (χ0) is 21.5. The predicted molar refractivity (Wildman–Crippen MR) is 124 cm³/mol. The first-order valence-electron chi connectivity index (χ1n) is 10.4. The van der Waals surface area contributed by atoms with E-state index in [-0.39, 0.29) is 5.91 Å². The van der Waals surface area contributed by atoms with Gasteiger partial charge in [0.2, 0.25) is 0 Å². The van der Waals surface area contributed by atoms with Gasteiger partial charge in [-0.05, 0) is 42.0 Å². The molecular formula is C24H27N5O2. The van der Waals surface area contributed by atoms with E-state index in [9.17, 15) is 4.79 Å². The second-order valence-electron chi connectivity index (χ2n) is 7.34. The summed E-state index contributed by atoms with van der Waals surface area (Å²) in [5.74, 6) is 0.940. The Morgan fingerprint density at radius 3 is 2.35 bits per heavy atom. The van der Waals surface area contributed by atoms with E-state index >= 15 is 0 Å². The van der Waals surface area contributed by atoms with Crippen molar-refractivity contribution in [3.8, 4) is 0 Å². The summed E-state index contributed by atoms with van der Waals surface area (Å²) in [6, 6.07) is 21.6. The largest absolute Gasteiger partial charge is 0.459 e. The summed E-state index contributed by atoms with van der Waals surface area (Å²) in [6.45, 7) is 4.44. The highest BCUT2D eigenvalue weighted by Gasteiger charge is 2.19. The Morgan fingerprint density at radius 1 is 0.968 bits per heavy atom. The number of carbonyl (C=O) groups excluding carboxylic acids is 1. The number of piperazine rings is 1. The molecule has 0 bridgehead atoms. The van der Waals surface area contributed by atoms with Crippen molar-refractivity contribution in [3.63, 3.8) is 0 Å². The monoisotopic (exact) mass is 417 g/mol. The number of hydrogen-bond donors (Lipinski definition) is 2. The van der Waals surface area contributed by atoms with Crippen LogP contribution in [0.2, 0.25) is 0 Å². The lowest BCUT2D eigenvalue weighted by atomic mass is 10.2. The predicted octanol–water partition coefficient (Wildman–Crippen LogP) is 3.43. The fourth-order valence-corrected chi connectivity index (χ4v) is 3.64. The van der Waals surface area contributed by atoms with E-state index < -0.39 is 0 Å². The maximum atomic E-state index is 12.1. The summed E-state index contributed by atoms with van der Waals surface area (Å²) in [7, 11) is 1.82. The molecule has 2 N–H and O–H groups in total. The molecule has 0 radical (unpaired) electrons. The number of aliphatic imine (C=N–C) groups is 1. The molecule has 0 aliphatic carbocycles. The SMILES string of the molecule is CN=C(NCc1ccc(NC(=O)c2ccco2)cc1)N1CCN(c2ccccc2)CC1. The molecule has 31 heavy (non-hydrogen) atoms. The van der Waals surface area contributed by atoms with Crippen LogP contribution in [0, 0.1) is 0 Å². The van der Waals surface area contributed by atoms with Gasteiger partial charge in [0, 0.05) is 51.1 Å². The first kappa shape index (κ1) is 20.5. The zero-order valence-corrected chi connectivity index (χ0v) is 17.6. The van der Waals surface area contributed by atoms with Crippen molar-refractivity contribution in [1.29, 1.82) is 0 Å². The number of guanidine groups is 1. The summed E-state index contributed by atoms with van der Waals surface area (Å²) < 4.78 is 5.11. The highest BCUT2D eigenvalue weighted by molar-refractivity contribution is 6.02. The molecule has 0 atom stereocenters. The lowest BCUT2D eigenvalue weighted by Gasteiger charge is -2.37. The summed E-state index contributed by atoms with van der Waals surface area (Å²) in [4.78, 5) is 21.2. The number of benzene rings is 2. The van der Waals surface area contributed by atoms with Crippen molar-refractivity contribution >= 4 is 23.2 Å². The average Bonchev–Trinajstić information content (AvgIpc) is 3.37. The van der Waals surface area contributed by atoms with Crippen molar-refractivity contribution in [2.75, 3.05) is 43.4 Å². The molecule has 0 spiro atoms. The maximum absolute atomic E-state index is 12.1. The number of rotatable bonds is 5. The third-order valence-electron chi connectivity index (χ3n) is 5.32. The van der Waals surface area contributed by atoms with E-state index in [0.717, 1.165) is 43.4 Å².